The van der Waals surface area contributed by atoms with E-state index in [1.165, 1.54) is 0 Å². The molecule has 2 rings (SSSR count). The molecule has 1 fully saturated rings. The Morgan fingerprint density at radius 2 is 2.24 bits per heavy atom. The Hall–Kier alpha value is -1.04. The van der Waals surface area contributed by atoms with E-state index in [0.717, 1.165) is 5.69 Å². The summed E-state index contributed by atoms with van der Waals surface area (Å²) in [7, 11) is 0. The van der Waals surface area contributed by atoms with Crippen LogP contribution < -0.4 is 5.32 Å². The zero-order chi connectivity index (χ0) is 12.3. The van der Waals surface area contributed by atoms with Gasteiger partial charge in [-0.3, -0.25) is 4.79 Å². The fourth-order valence-corrected chi connectivity index (χ4v) is 2.94. The van der Waals surface area contributed by atoms with Crippen LogP contribution in [0.25, 0.3) is 0 Å². The molecule has 1 aliphatic rings. The van der Waals surface area contributed by atoms with E-state index in [2.05, 4.69) is 5.32 Å². The number of nitrogens with one attached hydrogen (secondary N) is 1. The lowest BCUT2D eigenvalue weighted by atomic mass is 10.2. The highest BCUT2D eigenvalue weighted by atomic mass is 32.2. The molecule has 1 heterocycles. The number of hydrogen-bond donors (Lipinski definition) is 1. The molecule has 0 aromatic heterocycles. The molecule has 1 aromatic carbocycles. The third-order valence-electron chi connectivity index (χ3n) is 2.70. The Kier molecular flexibility index (Phi) is 3.71. The van der Waals surface area contributed by atoms with Gasteiger partial charge in [0.1, 0.15) is 12.2 Å². The lowest BCUT2D eigenvalue weighted by Crippen LogP contribution is -2.37. The first-order valence-electron chi connectivity index (χ1n) is 5.47. The maximum atomic E-state index is 11.8. The minimum absolute atomic E-state index is 0.120. The highest BCUT2D eigenvalue weighted by Gasteiger charge is 2.45. The van der Waals surface area contributed by atoms with Crippen LogP contribution in [0.1, 0.15) is 13.3 Å². The minimum atomic E-state index is -1.09. The normalized spacial score (nSPS) is 28.0. The molecule has 2 atom stereocenters. The van der Waals surface area contributed by atoms with Crippen molar-refractivity contribution in [2.45, 2.75) is 18.3 Å². The molecule has 0 aliphatic carbocycles. The maximum absolute atomic E-state index is 11.8. The van der Waals surface area contributed by atoms with Crippen molar-refractivity contribution < 1.29 is 14.1 Å². The number of ether oxygens (including phenoxy) is 1. The summed E-state index contributed by atoms with van der Waals surface area (Å²) < 4.78 is 17.1. The van der Waals surface area contributed by atoms with Gasteiger partial charge in [0.05, 0.1) is 6.61 Å². The van der Waals surface area contributed by atoms with Gasteiger partial charge < -0.3 is 14.6 Å². The summed E-state index contributed by atoms with van der Waals surface area (Å²) in [4.78, 5) is 11.0. The van der Waals surface area contributed by atoms with Crippen molar-refractivity contribution in [2.75, 3.05) is 17.7 Å². The van der Waals surface area contributed by atoms with E-state index in [1.54, 1.807) is 6.92 Å². The van der Waals surface area contributed by atoms with E-state index in [1.807, 2.05) is 30.3 Å². The van der Waals surface area contributed by atoms with E-state index < -0.39 is 16.1 Å². The predicted octanol–water partition coefficient (Wildman–Crippen LogP) is 1.51. The summed E-state index contributed by atoms with van der Waals surface area (Å²) in [5.74, 6) is 0.337. The van der Waals surface area contributed by atoms with Crippen molar-refractivity contribution in [1.82, 2.24) is 0 Å². The molecule has 5 heteroatoms. The molecule has 1 amide bonds. The Bertz CT molecular complexity index is 398. The molecule has 4 nitrogen and oxygen atoms in total. The first-order chi connectivity index (χ1) is 8.10. The van der Waals surface area contributed by atoms with Gasteiger partial charge in [-0.2, -0.15) is 0 Å². The minimum Gasteiger partial charge on any atom is -0.614 e. The van der Waals surface area contributed by atoms with Crippen LogP contribution in [0.2, 0.25) is 0 Å². The molecule has 0 unspecified atom stereocenters. The quantitative estimate of drug-likeness (QED) is 0.831. The zero-order valence-corrected chi connectivity index (χ0v) is 10.5. The van der Waals surface area contributed by atoms with Crippen molar-refractivity contribution in [3.8, 4) is 0 Å². The highest BCUT2D eigenvalue weighted by Crippen LogP contribution is 2.29. The smallest absolute Gasteiger partial charge is 0.232 e. The molecule has 0 spiro atoms. The monoisotopic (exact) mass is 253 g/mol. The number of benzene rings is 1. The SMILES string of the molecule is C[C@]1(CC(=O)Nc2ccccc2)OCC[S@+]1[O-]. The standard InChI is InChI=1S/C12H15NO3S/c1-12(16-7-8-17(12)15)9-11(14)13-10-5-3-2-4-6-10/h2-6H,7-9H2,1H3,(H,13,14)/t12-,17-/m0/s1. The molecule has 0 bridgehead atoms. The van der Waals surface area contributed by atoms with Crippen molar-refractivity contribution in [3.63, 3.8) is 0 Å². The summed E-state index contributed by atoms with van der Waals surface area (Å²) in [5.41, 5.74) is 0.741. The Labute approximate surface area is 104 Å². The number of anilines is 1. The van der Waals surface area contributed by atoms with E-state index in [9.17, 15) is 9.35 Å². The van der Waals surface area contributed by atoms with Crippen LogP contribution in [-0.2, 0) is 20.7 Å². The summed E-state index contributed by atoms with van der Waals surface area (Å²) in [6, 6.07) is 9.20. The Balaban J connectivity index is 1.94. The second-order valence-electron chi connectivity index (χ2n) is 4.12. The lowest BCUT2D eigenvalue weighted by molar-refractivity contribution is -0.119. The first-order valence-corrected chi connectivity index (χ1v) is 6.79. The predicted molar refractivity (Wildman–Crippen MR) is 67.1 cm³/mol. The first kappa shape index (κ1) is 12.4. The summed E-state index contributed by atoms with van der Waals surface area (Å²) >= 11 is -1.09. The number of carbonyl (C=O) groups is 1. The van der Waals surface area contributed by atoms with Gasteiger partial charge in [0.2, 0.25) is 10.8 Å². The van der Waals surface area contributed by atoms with E-state index in [-0.39, 0.29) is 12.3 Å². The molecule has 17 heavy (non-hydrogen) atoms. The van der Waals surface area contributed by atoms with Crippen molar-refractivity contribution in [2.24, 2.45) is 0 Å². The molecule has 1 aliphatic heterocycles. The largest absolute Gasteiger partial charge is 0.614 e. The topological polar surface area (TPSA) is 61.4 Å². The number of carbonyl (C=O) groups excluding carboxylic acids is 1. The molecule has 1 saturated heterocycles. The average molecular weight is 253 g/mol. The van der Waals surface area contributed by atoms with Gasteiger partial charge in [-0.05, 0) is 23.3 Å². The van der Waals surface area contributed by atoms with Crippen LogP contribution in [0.3, 0.4) is 0 Å². The fraction of sp³-hybridized carbons (Fsp3) is 0.417. The molecule has 1 aromatic rings. The fourth-order valence-electron chi connectivity index (χ4n) is 1.76. The van der Waals surface area contributed by atoms with Gasteiger partial charge in [-0.25, -0.2) is 0 Å². The van der Waals surface area contributed by atoms with Crippen molar-refractivity contribution in [3.05, 3.63) is 30.3 Å². The van der Waals surface area contributed by atoms with Crippen LogP contribution in [0.4, 0.5) is 5.69 Å². The van der Waals surface area contributed by atoms with Crippen LogP contribution in [0, 0.1) is 0 Å². The third-order valence-corrected chi connectivity index (χ3v) is 4.46. The molecular formula is C12H15NO3S. The Morgan fingerprint density at radius 3 is 2.82 bits per heavy atom. The number of rotatable bonds is 3. The Morgan fingerprint density at radius 1 is 1.53 bits per heavy atom. The lowest BCUT2D eigenvalue weighted by Gasteiger charge is -2.23. The molecule has 92 valence electrons. The molecular weight excluding hydrogens is 238 g/mol. The van der Waals surface area contributed by atoms with E-state index in [4.69, 9.17) is 4.74 Å². The second-order valence-corrected chi connectivity index (χ2v) is 6.09. The van der Waals surface area contributed by atoms with E-state index in [0.29, 0.717) is 12.4 Å². The van der Waals surface area contributed by atoms with Gasteiger partial charge in [0.15, 0.2) is 0 Å². The maximum Gasteiger partial charge on any atom is 0.232 e. The average Bonchev–Trinajstić information content (AvgIpc) is 2.60. The van der Waals surface area contributed by atoms with Crippen LogP contribution in [-0.4, -0.2) is 27.8 Å². The van der Waals surface area contributed by atoms with Crippen LogP contribution in [0.15, 0.2) is 30.3 Å². The van der Waals surface area contributed by atoms with Gasteiger partial charge in [0, 0.05) is 12.6 Å². The second kappa shape index (κ2) is 5.08. The number of hydrogen-bond acceptors (Lipinski definition) is 3. The van der Waals surface area contributed by atoms with Gasteiger partial charge in [-0.15, -0.1) is 0 Å². The summed E-state index contributed by atoms with van der Waals surface area (Å²) in [5, 5.41) is 2.76. The van der Waals surface area contributed by atoms with Gasteiger partial charge >= 0.3 is 0 Å². The molecule has 0 saturated carbocycles. The van der Waals surface area contributed by atoms with Gasteiger partial charge in [0.25, 0.3) is 0 Å². The van der Waals surface area contributed by atoms with Crippen LogP contribution >= 0.6 is 0 Å². The molecule has 1 N–H and O–H groups in total. The number of amides is 1. The zero-order valence-electron chi connectivity index (χ0n) is 9.64. The highest BCUT2D eigenvalue weighted by molar-refractivity contribution is 7.92. The third kappa shape index (κ3) is 3.00. The summed E-state index contributed by atoms with van der Waals surface area (Å²) in [6.07, 6.45) is 0.120. The molecule has 0 radical (unpaired) electrons. The van der Waals surface area contributed by atoms with Crippen molar-refractivity contribution >= 4 is 22.8 Å². The summed E-state index contributed by atoms with van der Waals surface area (Å²) in [6.45, 7) is 2.18. The van der Waals surface area contributed by atoms with Gasteiger partial charge in [-0.1, -0.05) is 18.2 Å². The van der Waals surface area contributed by atoms with E-state index >= 15 is 0 Å². The number of para-hydroxylation sites is 1. The van der Waals surface area contributed by atoms with Crippen LogP contribution in [0.5, 0.6) is 0 Å². The van der Waals surface area contributed by atoms with Crippen molar-refractivity contribution in [1.29, 1.82) is 0 Å².